The molecule has 2 aliphatic heterocycles. The molecule has 0 aromatic heterocycles. The van der Waals surface area contributed by atoms with Gasteiger partial charge in [-0.2, -0.15) is 0 Å². The van der Waals surface area contributed by atoms with Gasteiger partial charge < -0.3 is 54.3 Å². The van der Waals surface area contributed by atoms with Crippen LogP contribution < -0.4 is 4.90 Å². The lowest BCUT2D eigenvalue weighted by Gasteiger charge is -2.70. The van der Waals surface area contributed by atoms with E-state index in [1.807, 2.05) is 0 Å². The topological polar surface area (TPSA) is 276 Å². The van der Waals surface area contributed by atoms with Gasteiger partial charge in [-0.25, -0.2) is 14.5 Å². The average Bonchev–Trinajstić information content (AvgIpc) is 3.75. The van der Waals surface area contributed by atoms with Gasteiger partial charge in [-0.3, -0.25) is 24.1 Å². The van der Waals surface area contributed by atoms with Crippen LogP contribution in [0.15, 0.2) is 24.3 Å². The number of anilines is 1. The van der Waals surface area contributed by atoms with Crippen LogP contribution >= 0.6 is 0 Å². The van der Waals surface area contributed by atoms with Crippen LogP contribution in [0.25, 0.3) is 0 Å². The number of likely N-dealkylation sites (tertiary alicyclic amines) is 1. The quantitative estimate of drug-likeness (QED) is 0.111. The fraction of sp³-hybridized carbons (Fsp3) is 0.721. The second-order valence-corrected chi connectivity index (χ2v) is 18.4. The number of aliphatic hydroxyl groups is 3. The first-order chi connectivity index (χ1) is 29.2. The summed E-state index contributed by atoms with van der Waals surface area (Å²) in [7, 11) is 6.70. The molecule has 5 aliphatic carbocycles. The molecule has 0 radical (unpaired) electrons. The number of nitrogens with zero attached hydrogens (tertiary/aromatic N) is 2. The highest BCUT2D eigenvalue weighted by Crippen LogP contribution is 2.80. The van der Waals surface area contributed by atoms with E-state index in [0.717, 1.165) is 11.3 Å². The Morgan fingerprint density at radius 2 is 1.60 bits per heavy atom. The van der Waals surface area contributed by atoms with Gasteiger partial charge in [-0.15, -0.1) is 0 Å². The van der Waals surface area contributed by atoms with Gasteiger partial charge in [-0.05, 0) is 43.9 Å². The van der Waals surface area contributed by atoms with Crippen molar-refractivity contribution in [3.8, 4) is 0 Å². The molecule has 1 spiro atoms. The molecule has 2 heterocycles. The second-order valence-electron chi connectivity index (χ2n) is 18.4. The van der Waals surface area contributed by atoms with Crippen molar-refractivity contribution in [1.82, 2.24) is 4.90 Å². The molecule has 2 amide bonds. The smallest absolute Gasteiger partial charge is 0.340 e. The fourth-order valence-corrected chi connectivity index (χ4v) is 13.9. The summed E-state index contributed by atoms with van der Waals surface area (Å²) in [4.78, 5) is 73.8. The largest absolute Gasteiger partial charge is 0.481 e. The number of benzene rings is 1. The fourth-order valence-electron chi connectivity index (χ4n) is 13.9. The van der Waals surface area contributed by atoms with Crippen LogP contribution in [-0.2, 0) is 47.7 Å². The van der Waals surface area contributed by atoms with Crippen molar-refractivity contribution in [3.05, 3.63) is 29.8 Å². The van der Waals surface area contributed by atoms with Crippen LogP contribution in [0.3, 0.4) is 0 Å². The zero-order valence-corrected chi connectivity index (χ0v) is 35.7. The molecule has 2 saturated heterocycles. The molecule has 8 rings (SSSR count). The minimum Gasteiger partial charge on any atom is -0.481 e. The molecule has 5 saturated carbocycles. The Morgan fingerprint density at radius 3 is 2.13 bits per heavy atom. The predicted molar refractivity (Wildman–Crippen MR) is 212 cm³/mol. The van der Waals surface area contributed by atoms with Gasteiger partial charge in [0.1, 0.15) is 11.2 Å². The molecule has 7 bridgehead atoms. The van der Waals surface area contributed by atoms with E-state index in [9.17, 15) is 39.0 Å². The molecule has 1 aromatic rings. The van der Waals surface area contributed by atoms with Crippen molar-refractivity contribution in [2.75, 3.05) is 53.0 Å². The highest BCUT2D eigenvalue weighted by Gasteiger charge is 2.91. The number of hydrogen-bond donors (Lipinski definition) is 6. The molecule has 62 heavy (non-hydrogen) atoms. The molecule has 7 aliphatic rings. The van der Waals surface area contributed by atoms with Crippen molar-refractivity contribution in [2.24, 2.45) is 40.4 Å². The number of aliphatic carboxylic acids is 3. The van der Waals surface area contributed by atoms with Crippen molar-refractivity contribution in [2.45, 2.75) is 106 Å². The molecular formula is C43H58N2O17. The van der Waals surface area contributed by atoms with E-state index in [1.165, 1.54) is 0 Å². The Kier molecular flexibility index (Phi) is 12.0. The number of ether oxygens (including phenoxy) is 5. The van der Waals surface area contributed by atoms with E-state index in [-0.39, 0.29) is 84.5 Å². The Labute approximate surface area is 358 Å². The van der Waals surface area contributed by atoms with Gasteiger partial charge in [-0.1, -0.05) is 26.0 Å². The summed E-state index contributed by atoms with van der Waals surface area (Å²) in [5.74, 6) is -7.49. The number of para-hydroxylation sites is 1. The molecule has 19 heteroatoms. The van der Waals surface area contributed by atoms with Gasteiger partial charge in [0, 0.05) is 82.3 Å². The average molecular weight is 875 g/mol. The summed E-state index contributed by atoms with van der Waals surface area (Å²) in [5.41, 5.74) is -6.91. The maximum atomic E-state index is 14.1. The number of hydrogen-bond acceptors (Lipinski definition) is 15. The van der Waals surface area contributed by atoms with Gasteiger partial charge >= 0.3 is 23.9 Å². The number of imide groups is 1. The highest BCUT2D eigenvalue weighted by atomic mass is 16.5. The van der Waals surface area contributed by atoms with E-state index in [2.05, 4.69) is 11.8 Å². The van der Waals surface area contributed by atoms with Crippen LogP contribution in [-0.4, -0.2) is 167 Å². The minimum absolute atomic E-state index is 0.0358. The van der Waals surface area contributed by atoms with Gasteiger partial charge in [0.2, 0.25) is 11.8 Å². The number of fused-ring (bicyclic) bond motifs is 2. The molecule has 7 fully saturated rings. The van der Waals surface area contributed by atoms with E-state index in [1.54, 1.807) is 59.6 Å². The number of esters is 1. The lowest BCUT2D eigenvalue weighted by Crippen LogP contribution is -2.82. The molecule has 14 atom stereocenters. The first-order valence-corrected chi connectivity index (χ1v) is 21.0. The summed E-state index contributed by atoms with van der Waals surface area (Å²) in [6.45, 7) is 4.95. The van der Waals surface area contributed by atoms with E-state index in [0.29, 0.717) is 25.9 Å². The third-order valence-electron chi connectivity index (χ3n) is 15.8. The molecule has 19 nitrogen and oxygen atoms in total. The molecule has 3 unspecified atom stereocenters. The summed E-state index contributed by atoms with van der Waals surface area (Å²) in [6.07, 6.45) is -1.48. The lowest BCUT2D eigenvalue weighted by atomic mass is 9.42. The lowest BCUT2D eigenvalue weighted by molar-refractivity contribution is -0.320. The maximum absolute atomic E-state index is 14.1. The Hall–Kier alpha value is -4.08. The van der Waals surface area contributed by atoms with E-state index < -0.39 is 82.4 Å². The van der Waals surface area contributed by atoms with Crippen LogP contribution in [0.4, 0.5) is 5.69 Å². The second kappa shape index (κ2) is 16.2. The Bertz CT molecular complexity index is 1980. The summed E-state index contributed by atoms with van der Waals surface area (Å²) >= 11 is 0. The number of carboxylic acids is 3. The number of carbonyl (C=O) groups is 6. The number of amides is 2. The monoisotopic (exact) mass is 874 g/mol. The predicted octanol–water partition coefficient (Wildman–Crippen LogP) is 0.787. The van der Waals surface area contributed by atoms with Crippen molar-refractivity contribution >= 4 is 41.4 Å². The van der Waals surface area contributed by atoms with E-state index in [4.69, 9.17) is 44.1 Å². The summed E-state index contributed by atoms with van der Waals surface area (Å²) in [6, 6.07) is 6.12. The first kappa shape index (κ1) is 45.9. The maximum Gasteiger partial charge on any atom is 0.340 e. The molecule has 1 aromatic carbocycles. The summed E-state index contributed by atoms with van der Waals surface area (Å²) in [5, 5.41) is 60.4. The third-order valence-corrected chi connectivity index (χ3v) is 15.8. The number of likely N-dealkylation sites (N-methyl/N-ethyl adjacent to an activating group) is 1. The standard InChI is InChI=1S/C37H50N2O10.C6H8O7/c1-7-38-17-34(18-49-32(42)20-10-8-9-11-23(20)39-26(40)14-19(2)31(39)41)13-12-25(46-4)36-22-15-21-24(45-3)16-35(43,27(22)28(21)47-5)37(44,33(36)38)30(48-6)29(34)36;7-3(8)1-6(13,5(11)12)2-4(9)10/h8-11,19,21-22,24-25,27-30,33,43-44H,7,12-18H2,1-6H3;13H,1-2H2,(H,7,8)(H,9,10)(H,11,12)/t19-,21-,22-,24+,25+,27-,28+,29-,30+,33?,34+,35-,36?,37?;/m1./s1. The van der Waals surface area contributed by atoms with Crippen molar-refractivity contribution < 1.29 is 83.1 Å². The van der Waals surface area contributed by atoms with Crippen LogP contribution in [0.1, 0.15) is 69.2 Å². The Balaban J connectivity index is 0.000000387. The highest BCUT2D eigenvalue weighted by molar-refractivity contribution is 6.22. The molecular weight excluding hydrogens is 816 g/mol. The number of piperidine rings is 1. The number of carboxylic acid groups (broad SMARTS) is 3. The van der Waals surface area contributed by atoms with Crippen LogP contribution in [0, 0.1) is 40.4 Å². The third kappa shape index (κ3) is 6.28. The normalized spacial score (nSPS) is 40.2. The zero-order valence-electron chi connectivity index (χ0n) is 35.7. The molecule has 342 valence electrons. The minimum atomic E-state index is -2.74. The number of carbonyl (C=O) groups excluding carboxylic acids is 3. The molecule has 6 N–H and O–H groups in total. The zero-order chi connectivity index (χ0) is 45.5. The Morgan fingerprint density at radius 1 is 0.935 bits per heavy atom. The van der Waals surface area contributed by atoms with Gasteiger partial charge in [0.25, 0.3) is 0 Å². The van der Waals surface area contributed by atoms with Crippen molar-refractivity contribution in [3.63, 3.8) is 0 Å². The van der Waals surface area contributed by atoms with E-state index >= 15 is 0 Å². The van der Waals surface area contributed by atoms with Crippen LogP contribution in [0.2, 0.25) is 0 Å². The van der Waals surface area contributed by atoms with Crippen molar-refractivity contribution in [1.29, 1.82) is 0 Å². The number of rotatable bonds is 14. The summed E-state index contributed by atoms with van der Waals surface area (Å²) < 4.78 is 31.4. The van der Waals surface area contributed by atoms with Gasteiger partial charge in [0.05, 0.1) is 61.2 Å². The van der Waals surface area contributed by atoms with Gasteiger partial charge in [0.15, 0.2) is 5.60 Å². The van der Waals surface area contributed by atoms with Crippen LogP contribution in [0.5, 0.6) is 0 Å². The first-order valence-electron chi connectivity index (χ1n) is 21.0. The number of methoxy groups -OCH3 is 4. The SMILES string of the molecule is CCN1C[C@]2(COC(=O)c3ccccc3N3C(=O)C[C@@H](C)C3=O)CC[C@H](OC)C34C1C(O)([C@@H](OC)[C@@H]32)[C@@]1(O)C[C@H](OC)[C@H]2C[C@@H]4[C@@H]1[C@H]2OC.O=C(O)CC(O)(CC(=O)O)C(=O)O.